The second-order valence-corrected chi connectivity index (χ2v) is 6.70. The molecule has 0 saturated heterocycles. The predicted molar refractivity (Wildman–Crippen MR) is 81.6 cm³/mol. The van der Waals surface area contributed by atoms with Gasteiger partial charge in [-0.3, -0.25) is 4.79 Å². The van der Waals surface area contributed by atoms with E-state index in [4.69, 9.17) is 4.74 Å². The third-order valence-electron chi connectivity index (χ3n) is 5.27. The van der Waals surface area contributed by atoms with Crippen LogP contribution in [0.25, 0.3) is 0 Å². The quantitative estimate of drug-likeness (QED) is 0.882. The van der Waals surface area contributed by atoms with Gasteiger partial charge < -0.3 is 9.84 Å². The zero-order valence-electron chi connectivity index (χ0n) is 12.8. The van der Waals surface area contributed by atoms with E-state index >= 15 is 0 Å². The van der Waals surface area contributed by atoms with Crippen LogP contribution in [0.4, 0.5) is 4.39 Å². The standard InChI is InChI=1S/C18H23FO3/c19-14-7-8-16(22-12-13-5-4-6-13)15(11-14)18(17(20)21)9-2-1-3-10-18/h7-8,11,13H,1-6,9-10,12H2,(H,20,21). The van der Waals surface area contributed by atoms with Crippen molar-refractivity contribution in [2.45, 2.75) is 56.8 Å². The molecule has 0 unspecified atom stereocenters. The van der Waals surface area contributed by atoms with Gasteiger partial charge in [0.25, 0.3) is 0 Å². The van der Waals surface area contributed by atoms with Crippen LogP contribution in [0.3, 0.4) is 0 Å². The lowest BCUT2D eigenvalue weighted by Gasteiger charge is -2.35. The third kappa shape index (κ3) is 2.83. The van der Waals surface area contributed by atoms with Gasteiger partial charge in [0, 0.05) is 5.56 Å². The largest absolute Gasteiger partial charge is 0.493 e. The number of carboxylic acid groups (broad SMARTS) is 1. The van der Waals surface area contributed by atoms with Crippen LogP contribution in [0.15, 0.2) is 18.2 Å². The van der Waals surface area contributed by atoms with Gasteiger partial charge >= 0.3 is 5.97 Å². The lowest BCUT2D eigenvalue weighted by molar-refractivity contribution is -0.145. The predicted octanol–water partition coefficient (Wildman–Crippen LogP) is 4.29. The summed E-state index contributed by atoms with van der Waals surface area (Å²) in [5.74, 6) is -0.133. The number of carbonyl (C=O) groups is 1. The van der Waals surface area contributed by atoms with E-state index in [1.54, 1.807) is 6.07 Å². The molecule has 0 radical (unpaired) electrons. The Morgan fingerprint density at radius 2 is 1.95 bits per heavy atom. The highest BCUT2D eigenvalue weighted by atomic mass is 19.1. The Balaban J connectivity index is 1.91. The van der Waals surface area contributed by atoms with E-state index in [0.717, 1.165) is 19.3 Å². The van der Waals surface area contributed by atoms with Crippen LogP contribution in [-0.4, -0.2) is 17.7 Å². The molecule has 2 aliphatic carbocycles. The molecule has 0 heterocycles. The molecule has 0 spiro atoms. The average Bonchev–Trinajstić information content (AvgIpc) is 2.47. The van der Waals surface area contributed by atoms with Gasteiger partial charge in [0.05, 0.1) is 12.0 Å². The van der Waals surface area contributed by atoms with Gasteiger partial charge in [-0.15, -0.1) is 0 Å². The SMILES string of the molecule is O=C(O)C1(c2cc(F)ccc2OCC2CCC2)CCCCC1. The summed E-state index contributed by atoms with van der Waals surface area (Å²) in [5.41, 5.74) is -0.464. The molecule has 0 atom stereocenters. The Morgan fingerprint density at radius 1 is 1.23 bits per heavy atom. The van der Waals surface area contributed by atoms with Gasteiger partial charge in [0.2, 0.25) is 0 Å². The van der Waals surface area contributed by atoms with Crippen LogP contribution in [0, 0.1) is 11.7 Å². The molecule has 0 amide bonds. The van der Waals surface area contributed by atoms with E-state index in [9.17, 15) is 14.3 Å². The van der Waals surface area contributed by atoms with Crippen molar-refractivity contribution in [2.24, 2.45) is 5.92 Å². The molecule has 1 aromatic carbocycles. The van der Waals surface area contributed by atoms with Crippen molar-refractivity contribution in [3.63, 3.8) is 0 Å². The molecule has 3 nitrogen and oxygen atoms in total. The lowest BCUT2D eigenvalue weighted by atomic mass is 9.69. The van der Waals surface area contributed by atoms with Gasteiger partial charge in [-0.1, -0.05) is 25.7 Å². The molecular formula is C18H23FO3. The fourth-order valence-corrected chi connectivity index (χ4v) is 3.62. The fourth-order valence-electron chi connectivity index (χ4n) is 3.62. The number of aliphatic carboxylic acids is 1. The number of halogens is 1. The minimum absolute atomic E-state index is 0.391. The average molecular weight is 306 g/mol. The Hall–Kier alpha value is -1.58. The van der Waals surface area contributed by atoms with Gasteiger partial charge in [-0.05, 0) is 49.8 Å². The lowest BCUT2D eigenvalue weighted by Crippen LogP contribution is -2.38. The van der Waals surface area contributed by atoms with E-state index in [0.29, 0.717) is 36.7 Å². The van der Waals surface area contributed by atoms with Crippen LogP contribution in [0.1, 0.15) is 56.9 Å². The Morgan fingerprint density at radius 3 is 2.55 bits per heavy atom. The van der Waals surface area contributed by atoms with Gasteiger partial charge in [-0.2, -0.15) is 0 Å². The second kappa shape index (κ2) is 6.27. The number of hydrogen-bond donors (Lipinski definition) is 1. The zero-order chi connectivity index (χ0) is 15.6. The Labute approximate surface area is 130 Å². The number of hydrogen-bond acceptors (Lipinski definition) is 2. The van der Waals surface area contributed by atoms with E-state index < -0.39 is 17.2 Å². The van der Waals surface area contributed by atoms with Crippen molar-refractivity contribution >= 4 is 5.97 Å². The van der Waals surface area contributed by atoms with E-state index in [1.807, 2.05) is 0 Å². The Bertz CT molecular complexity index is 545. The Kier molecular flexibility index (Phi) is 4.37. The molecule has 0 bridgehead atoms. The highest BCUT2D eigenvalue weighted by Gasteiger charge is 2.43. The highest BCUT2D eigenvalue weighted by molar-refractivity contribution is 5.82. The van der Waals surface area contributed by atoms with Crippen molar-refractivity contribution in [1.82, 2.24) is 0 Å². The van der Waals surface area contributed by atoms with Crippen molar-refractivity contribution in [2.75, 3.05) is 6.61 Å². The summed E-state index contributed by atoms with van der Waals surface area (Å²) in [6.07, 6.45) is 7.47. The molecule has 2 saturated carbocycles. The first-order chi connectivity index (χ1) is 10.6. The van der Waals surface area contributed by atoms with E-state index in [-0.39, 0.29) is 0 Å². The van der Waals surface area contributed by atoms with Gasteiger partial charge in [0.15, 0.2) is 0 Å². The smallest absolute Gasteiger partial charge is 0.314 e. The van der Waals surface area contributed by atoms with Crippen LogP contribution in [-0.2, 0) is 10.2 Å². The first-order valence-electron chi connectivity index (χ1n) is 8.28. The van der Waals surface area contributed by atoms with E-state index in [2.05, 4.69) is 0 Å². The molecule has 2 aliphatic rings. The first kappa shape index (κ1) is 15.3. The summed E-state index contributed by atoms with van der Waals surface area (Å²) in [5, 5.41) is 9.81. The maximum absolute atomic E-state index is 13.8. The molecular weight excluding hydrogens is 283 g/mol. The van der Waals surface area contributed by atoms with E-state index in [1.165, 1.54) is 31.4 Å². The number of benzene rings is 1. The summed E-state index contributed by atoms with van der Waals surface area (Å²) in [4.78, 5) is 12.0. The molecule has 2 fully saturated rings. The molecule has 1 N–H and O–H groups in total. The molecule has 0 aliphatic heterocycles. The highest BCUT2D eigenvalue weighted by Crippen LogP contribution is 2.44. The molecule has 0 aromatic heterocycles. The van der Waals surface area contributed by atoms with Crippen molar-refractivity contribution in [1.29, 1.82) is 0 Å². The van der Waals surface area contributed by atoms with Gasteiger partial charge in [-0.25, -0.2) is 4.39 Å². The van der Waals surface area contributed by atoms with Crippen LogP contribution in [0.2, 0.25) is 0 Å². The number of rotatable bonds is 5. The summed E-state index contributed by atoms with van der Waals surface area (Å²) in [7, 11) is 0. The summed E-state index contributed by atoms with van der Waals surface area (Å²) < 4.78 is 19.7. The fraction of sp³-hybridized carbons (Fsp3) is 0.611. The molecule has 3 rings (SSSR count). The number of ether oxygens (including phenoxy) is 1. The summed E-state index contributed by atoms with van der Waals surface area (Å²) in [6.45, 7) is 0.605. The normalized spacial score (nSPS) is 21.1. The van der Waals surface area contributed by atoms with Crippen LogP contribution in [0.5, 0.6) is 5.75 Å². The summed E-state index contributed by atoms with van der Waals surface area (Å²) in [6, 6.07) is 4.33. The maximum atomic E-state index is 13.8. The van der Waals surface area contributed by atoms with Crippen molar-refractivity contribution in [3.05, 3.63) is 29.6 Å². The summed E-state index contributed by atoms with van der Waals surface area (Å²) >= 11 is 0. The maximum Gasteiger partial charge on any atom is 0.314 e. The molecule has 22 heavy (non-hydrogen) atoms. The second-order valence-electron chi connectivity index (χ2n) is 6.70. The third-order valence-corrected chi connectivity index (χ3v) is 5.27. The van der Waals surface area contributed by atoms with Crippen molar-refractivity contribution < 1.29 is 19.0 Å². The molecule has 4 heteroatoms. The minimum Gasteiger partial charge on any atom is -0.493 e. The topological polar surface area (TPSA) is 46.5 Å². The molecule has 1 aromatic rings. The first-order valence-corrected chi connectivity index (χ1v) is 8.28. The van der Waals surface area contributed by atoms with Crippen LogP contribution >= 0.6 is 0 Å². The molecule has 120 valence electrons. The monoisotopic (exact) mass is 306 g/mol. The van der Waals surface area contributed by atoms with Crippen molar-refractivity contribution in [3.8, 4) is 5.75 Å². The number of carboxylic acids is 1. The zero-order valence-corrected chi connectivity index (χ0v) is 12.8. The van der Waals surface area contributed by atoms with Gasteiger partial charge in [0.1, 0.15) is 11.6 Å². The van der Waals surface area contributed by atoms with Crippen LogP contribution < -0.4 is 4.74 Å². The minimum atomic E-state index is -0.991.